The SMILES string of the molecule is O=C1[C@H](C2=NCCCCCC2)C(=NC2=NCCCCCC2)NN1c1ccccc1. The van der Waals surface area contributed by atoms with E-state index in [1.807, 2.05) is 30.3 Å². The number of para-hydroxylation sites is 1. The van der Waals surface area contributed by atoms with Gasteiger partial charge in [0.15, 0.2) is 0 Å². The molecule has 1 N–H and O–H groups in total. The number of hydrogen-bond donors (Lipinski definition) is 1. The second kappa shape index (κ2) is 9.81. The lowest BCUT2D eigenvalue weighted by molar-refractivity contribution is -0.118. The van der Waals surface area contributed by atoms with Crippen molar-refractivity contribution in [2.75, 3.05) is 18.1 Å². The van der Waals surface area contributed by atoms with Crippen molar-refractivity contribution in [3.63, 3.8) is 0 Å². The zero-order valence-corrected chi connectivity index (χ0v) is 17.1. The number of amidine groups is 2. The van der Waals surface area contributed by atoms with Crippen molar-refractivity contribution >= 4 is 29.0 Å². The molecule has 154 valence electrons. The number of hydrazine groups is 1. The van der Waals surface area contributed by atoms with Crippen molar-refractivity contribution in [2.45, 2.75) is 64.2 Å². The molecule has 0 unspecified atom stereocenters. The van der Waals surface area contributed by atoms with E-state index >= 15 is 0 Å². The Morgan fingerprint density at radius 1 is 0.862 bits per heavy atom. The Morgan fingerprint density at radius 2 is 1.55 bits per heavy atom. The Labute approximate surface area is 173 Å². The molecular weight excluding hydrogens is 362 g/mol. The maximum absolute atomic E-state index is 13.4. The van der Waals surface area contributed by atoms with E-state index in [2.05, 4.69) is 5.43 Å². The van der Waals surface area contributed by atoms with E-state index in [0.29, 0.717) is 5.84 Å². The number of carbonyl (C=O) groups excluding carboxylic acids is 1. The zero-order chi connectivity index (χ0) is 19.9. The number of hydrogen-bond acceptors (Lipinski definition) is 4. The van der Waals surface area contributed by atoms with Crippen LogP contribution in [0.4, 0.5) is 5.69 Å². The maximum atomic E-state index is 13.4. The topological polar surface area (TPSA) is 69.4 Å². The molecule has 1 atom stereocenters. The van der Waals surface area contributed by atoms with Crippen molar-refractivity contribution in [3.05, 3.63) is 30.3 Å². The van der Waals surface area contributed by atoms with Gasteiger partial charge in [-0.1, -0.05) is 43.9 Å². The fraction of sp³-hybridized carbons (Fsp3) is 0.565. The molecule has 0 radical (unpaired) electrons. The van der Waals surface area contributed by atoms with Gasteiger partial charge in [-0.2, -0.15) is 0 Å². The highest BCUT2D eigenvalue weighted by Crippen LogP contribution is 2.25. The Morgan fingerprint density at radius 3 is 2.34 bits per heavy atom. The van der Waals surface area contributed by atoms with Gasteiger partial charge in [-0.25, -0.2) is 10.0 Å². The number of rotatable bonds is 2. The Balaban J connectivity index is 1.67. The third kappa shape index (κ3) is 4.92. The third-order valence-electron chi connectivity index (χ3n) is 5.82. The van der Waals surface area contributed by atoms with E-state index in [4.69, 9.17) is 15.0 Å². The average Bonchev–Trinajstić information content (AvgIpc) is 3.01. The van der Waals surface area contributed by atoms with Gasteiger partial charge in [0.1, 0.15) is 17.6 Å². The Kier molecular flexibility index (Phi) is 6.70. The lowest BCUT2D eigenvalue weighted by Gasteiger charge is -2.16. The minimum atomic E-state index is -0.415. The van der Waals surface area contributed by atoms with Crippen LogP contribution >= 0.6 is 0 Å². The summed E-state index contributed by atoms with van der Waals surface area (Å²) in [6.45, 7) is 1.63. The first kappa shape index (κ1) is 19.8. The lowest BCUT2D eigenvalue weighted by Crippen LogP contribution is -2.36. The van der Waals surface area contributed by atoms with Crippen LogP contribution in [0, 0.1) is 5.92 Å². The van der Waals surface area contributed by atoms with Crippen molar-refractivity contribution in [1.82, 2.24) is 5.43 Å². The molecule has 1 aromatic rings. The van der Waals surface area contributed by atoms with Gasteiger partial charge >= 0.3 is 0 Å². The van der Waals surface area contributed by atoms with Crippen LogP contribution < -0.4 is 10.4 Å². The number of nitrogens with zero attached hydrogens (tertiary/aromatic N) is 4. The van der Waals surface area contributed by atoms with Gasteiger partial charge in [-0.3, -0.25) is 20.2 Å². The fourth-order valence-electron chi connectivity index (χ4n) is 4.21. The van der Waals surface area contributed by atoms with Gasteiger partial charge in [0.05, 0.1) is 5.69 Å². The highest BCUT2D eigenvalue weighted by atomic mass is 16.2. The molecule has 0 bridgehead atoms. The first-order valence-corrected chi connectivity index (χ1v) is 11.1. The average molecular weight is 394 g/mol. The summed E-state index contributed by atoms with van der Waals surface area (Å²) >= 11 is 0. The highest BCUT2D eigenvalue weighted by Gasteiger charge is 2.41. The van der Waals surface area contributed by atoms with Crippen LogP contribution in [0.15, 0.2) is 45.3 Å². The number of anilines is 1. The van der Waals surface area contributed by atoms with Crippen molar-refractivity contribution < 1.29 is 4.79 Å². The van der Waals surface area contributed by atoms with E-state index in [1.54, 1.807) is 5.01 Å². The largest absolute Gasteiger partial charge is 0.293 e. The summed E-state index contributed by atoms with van der Waals surface area (Å²) in [4.78, 5) is 27.9. The number of nitrogens with one attached hydrogen (secondary N) is 1. The molecule has 1 amide bonds. The Hall–Kier alpha value is -2.50. The van der Waals surface area contributed by atoms with Gasteiger partial charge in [0.2, 0.25) is 0 Å². The first-order chi connectivity index (χ1) is 14.3. The minimum Gasteiger partial charge on any atom is -0.293 e. The quantitative estimate of drug-likeness (QED) is 0.813. The van der Waals surface area contributed by atoms with Crippen LogP contribution in [0.1, 0.15) is 64.2 Å². The van der Waals surface area contributed by atoms with E-state index < -0.39 is 5.92 Å². The van der Waals surface area contributed by atoms with Crippen LogP contribution in [0.2, 0.25) is 0 Å². The van der Waals surface area contributed by atoms with Crippen LogP contribution in [-0.2, 0) is 4.79 Å². The summed E-state index contributed by atoms with van der Waals surface area (Å²) in [5, 5.41) is 1.63. The second-order valence-corrected chi connectivity index (χ2v) is 8.05. The zero-order valence-electron chi connectivity index (χ0n) is 17.1. The maximum Gasteiger partial charge on any atom is 0.262 e. The molecule has 3 heterocycles. The van der Waals surface area contributed by atoms with E-state index in [-0.39, 0.29) is 5.91 Å². The summed E-state index contributed by atoms with van der Waals surface area (Å²) in [6, 6.07) is 9.73. The molecule has 1 aromatic carbocycles. The number of benzene rings is 1. The highest BCUT2D eigenvalue weighted by molar-refractivity contribution is 6.30. The number of amides is 1. The monoisotopic (exact) mass is 393 g/mol. The van der Waals surface area contributed by atoms with E-state index in [1.165, 1.54) is 25.7 Å². The van der Waals surface area contributed by atoms with Gasteiger partial charge in [-0.15, -0.1) is 0 Å². The summed E-state index contributed by atoms with van der Waals surface area (Å²) in [7, 11) is 0. The van der Waals surface area contributed by atoms with Crippen LogP contribution in [-0.4, -0.2) is 36.4 Å². The number of carbonyl (C=O) groups is 1. The summed E-state index contributed by atoms with van der Waals surface area (Å²) in [5.41, 5.74) is 5.11. The molecule has 3 aliphatic rings. The Bertz CT molecular complexity index is 799. The smallest absolute Gasteiger partial charge is 0.262 e. The predicted octanol–water partition coefficient (Wildman–Crippen LogP) is 4.32. The molecule has 4 rings (SSSR count). The van der Waals surface area contributed by atoms with Crippen molar-refractivity contribution in [2.24, 2.45) is 20.9 Å². The molecule has 6 heteroatoms. The number of aliphatic imine (C=N–C) groups is 3. The molecule has 6 nitrogen and oxygen atoms in total. The van der Waals surface area contributed by atoms with Crippen LogP contribution in [0.3, 0.4) is 0 Å². The standard InChI is InChI=1S/C23H31N5O/c29-23-21(19-14-8-1-3-10-16-24-19)22(26-20-15-9-2-4-11-17-25-20)27-28(23)18-12-6-5-7-13-18/h5-7,12-13,21H,1-4,8-11,14-17H2,(H,25,26,27)/t21-/m1/s1. The molecule has 0 saturated carbocycles. The molecular formula is C23H31N5O. The lowest BCUT2D eigenvalue weighted by atomic mass is 9.95. The van der Waals surface area contributed by atoms with E-state index in [0.717, 1.165) is 68.8 Å². The predicted molar refractivity (Wildman–Crippen MR) is 119 cm³/mol. The van der Waals surface area contributed by atoms with E-state index in [9.17, 15) is 4.79 Å². The molecule has 0 aromatic heterocycles. The van der Waals surface area contributed by atoms with Crippen molar-refractivity contribution in [1.29, 1.82) is 0 Å². The molecule has 29 heavy (non-hydrogen) atoms. The van der Waals surface area contributed by atoms with Crippen LogP contribution in [0.25, 0.3) is 0 Å². The molecule has 0 aliphatic carbocycles. The fourth-order valence-corrected chi connectivity index (χ4v) is 4.21. The van der Waals surface area contributed by atoms with Gasteiger partial charge in [-0.05, 0) is 44.2 Å². The molecule has 1 fully saturated rings. The third-order valence-corrected chi connectivity index (χ3v) is 5.82. The first-order valence-electron chi connectivity index (χ1n) is 11.1. The normalized spacial score (nSPS) is 25.4. The summed E-state index contributed by atoms with van der Waals surface area (Å²) < 4.78 is 0. The molecule has 0 spiro atoms. The molecule has 1 saturated heterocycles. The second-order valence-electron chi connectivity index (χ2n) is 8.05. The van der Waals surface area contributed by atoms with Gasteiger partial charge < -0.3 is 0 Å². The minimum absolute atomic E-state index is 0.0146. The van der Waals surface area contributed by atoms with Crippen molar-refractivity contribution in [3.8, 4) is 0 Å². The molecule has 3 aliphatic heterocycles. The summed E-state index contributed by atoms with van der Waals surface area (Å²) in [5.74, 6) is 1.16. The van der Waals surface area contributed by atoms with Gasteiger partial charge in [0, 0.05) is 25.2 Å². The van der Waals surface area contributed by atoms with Gasteiger partial charge in [0.25, 0.3) is 5.91 Å². The van der Waals surface area contributed by atoms with Crippen LogP contribution in [0.5, 0.6) is 0 Å². The summed E-state index contributed by atoms with van der Waals surface area (Å²) in [6.07, 6.45) is 11.0.